The number of rotatable bonds is 2. The Bertz CT molecular complexity index is 320. The Morgan fingerprint density at radius 3 is 3.14 bits per heavy atom. The van der Waals surface area contributed by atoms with Gasteiger partial charge < -0.3 is 9.84 Å². The molecular formula is C12H16O2. The largest absolute Gasteiger partial charge is 0.396 e. The minimum atomic E-state index is 0.101. The van der Waals surface area contributed by atoms with Crippen LogP contribution in [0.4, 0.5) is 0 Å². The molecule has 1 unspecified atom stereocenters. The Morgan fingerprint density at radius 1 is 1.50 bits per heavy atom. The van der Waals surface area contributed by atoms with Gasteiger partial charge in [0.2, 0.25) is 0 Å². The molecule has 1 aromatic rings. The van der Waals surface area contributed by atoms with Crippen molar-refractivity contribution in [1.82, 2.24) is 0 Å². The van der Waals surface area contributed by atoms with E-state index in [1.165, 1.54) is 16.7 Å². The molecule has 0 aliphatic carbocycles. The molecular weight excluding hydrogens is 176 g/mol. The second-order valence-corrected chi connectivity index (χ2v) is 3.82. The number of hydrogen-bond acceptors (Lipinski definition) is 2. The van der Waals surface area contributed by atoms with Crippen molar-refractivity contribution < 1.29 is 9.84 Å². The molecule has 1 aromatic carbocycles. The zero-order chi connectivity index (χ0) is 9.97. The van der Waals surface area contributed by atoms with Gasteiger partial charge in [0.25, 0.3) is 0 Å². The van der Waals surface area contributed by atoms with Crippen LogP contribution in [0.15, 0.2) is 18.2 Å². The Balaban J connectivity index is 2.30. The van der Waals surface area contributed by atoms with E-state index < -0.39 is 0 Å². The fourth-order valence-electron chi connectivity index (χ4n) is 2.02. The summed E-state index contributed by atoms with van der Waals surface area (Å²) >= 11 is 0. The van der Waals surface area contributed by atoms with Gasteiger partial charge in [0, 0.05) is 13.0 Å². The fraction of sp³-hybridized carbons (Fsp3) is 0.500. The van der Waals surface area contributed by atoms with E-state index in [2.05, 4.69) is 25.1 Å². The molecule has 1 aliphatic heterocycles. The van der Waals surface area contributed by atoms with Gasteiger partial charge in [-0.2, -0.15) is 0 Å². The van der Waals surface area contributed by atoms with Crippen LogP contribution in [0.1, 0.15) is 29.2 Å². The molecule has 0 radical (unpaired) electrons. The zero-order valence-electron chi connectivity index (χ0n) is 8.49. The highest BCUT2D eigenvalue weighted by Crippen LogP contribution is 2.29. The van der Waals surface area contributed by atoms with Crippen molar-refractivity contribution in [2.45, 2.75) is 25.9 Å². The molecule has 2 nitrogen and oxygen atoms in total. The SMILES string of the molecule is Cc1ccc2c(c1)CCOC2CCO. The van der Waals surface area contributed by atoms with E-state index in [1.54, 1.807) is 0 Å². The highest BCUT2D eigenvalue weighted by atomic mass is 16.5. The summed E-state index contributed by atoms with van der Waals surface area (Å²) in [5, 5.41) is 8.92. The number of benzene rings is 1. The summed E-state index contributed by atoms with van der Waals surface area (Å²) in [5.41, 5.74) is 3.94. The van der Waals surface area contributed by atoms with E-state index in [4.69, 9.17) is 9.84 Å². The van der Waals surface area contributed by atoms with Gasteiger partial charge in [0.15, 0.2) is 0 Å². The summed E-state index contributed by atoms with van der Waals surface area (Å²) in [6.07, 6.45) is 1.80. The van der Waals surface area contributed by atoms with Gasteiger partial charge in [-0.3, -0.25) is 0 Å². The van der Waals surface area contributed by atoms with Crippen molar-refractivity contribution >= 4 is 0 Å². The first-order valence-corrected chi connectivity index (χ1v) is 5.13. The third kappa shape index (κ3) is 1.81. The van der Waals surface area contributed by atoms with Crippen LogP contribution in [0.2, 0.25) is 0 Å². The molecule has 0 bridgehead atoms. The Hall–Kier alpha value is -0.860. The van der Waals surface area contributed by atoms with E-state index in [9.17, 15) is 0 Å². The average molecular weight is 192 g/mol. The summed E-state index contributed by atoms with van der Waals surface area (Å²) in [6, 6.07) is 6.46. The maximum absolute atomic E-state index is 8.92. The van der Waals surface area contributed by atoms with Crippen LogP contribution in [-0.4, -0.2) is 18.3 Å². The minimum absolute atomic E-state index is 0.101. The average Bonchev–Trinajstić information content (AvgIpc) is 2.18. The second kappa shape index (κ2) is 4.11. The number of aliphatic hydroxyl groups excluding tert-OH is 1. The van der Waals surface area contributed by atoms with Gasteiger partial charge in [0.1, 0.15) is 0 Å². The highest BCUT2D eigenvalue weighted by Gasteiger charge is 2.19. The van der Waals surface area contributed by atoms with Crippen LogP contribution in [0.5, 0.6) is 0 Å². The molecule has 14 heavy (non-hydrogen) atoms. The first-order chi connectivity index (χ1) is 6.81. The molecule has 1 atom stereocenters. The first kappa shape index (κ1) is 9.69. The molecule has 0 aromatic heterocycles. The van der Waals surface area contributed by atoms with Gasteiger partial charge in [-0.1, -0.05) is 23.8 Å². The quantitative estimate of drug-likeness (QED) is 0.776. The maximum Gasteiger partial charge on any atom is 0.0849 e. The van der Waals surface area contributed by atoms with Gasteiger partial charge in [-0.05, 0) is 24.5 Å². The van der Waals surface area contributed by atoms with Crippen LogP contribution in [0.3, 0.4) is 0 Å². The number of ether oxygens (including phenoxy) is 1. The summed E-state index contributed by atoms with van der Waals surface area (Å²) < 4.78 is 5.62. The lowest BCUT2D eigenvalue weighted by Crippen LogP contribution is -2.17. The number of hydrogen-bond donors (Lipinski definition) is 1. The third-order valence-electron chi connectivity index (χ3n) is 2.73. The molecule has 0 spiro atoms. The van der Waals surface area contributed by atoms with Gasteiger partial charge in [-0.25, -0.2) is 0 Å². The Kier molecular flexibility index (Phi) is 2.85. The summed E-state index contributed by atoms with van der Waals surface area (Å²) in [7, 11) is 0. The number of aryl methyl sites for hydroxylation is 1. The topological polar surface area (TPSA) is 29.5 Å². The molecule has 1 N–H and O–H groups in total. The van der Waals surface area contributed by atoms with E-state index in [0.29, 0.717) is 6.42 Å². The number of aliphatic hydroxyl groups is 1. The molecule has 1 heterocycles. The van der Waals surface area contributed by atoms with Crippen molar-refractivity contribution in [3.8, 4) is 0 Å². The molecule has 0 amide bonds. The van der Waals surface area contributed by atoms with Crippen LogP contribution in [-0.2, 0) is 11.2 Å². The van der Waals surface area contributed by atoms with Crippen LogP contribution in [0.25, 0.3) is 0 Å². The highest BCUT2D eigenvalue weighted by molar-refractivity contribution is 5.34. The van der Waals surface area contributed by atoms with Crippen LogP contribution < -0.4 is 0 Å². The van der Waals surface area contributed by atoms with E-state index in [0.717, 1.165) is 13.0 Å². The summed E-state index contributed by atoms with van der Waals surface area (Å²) in [5.74, 6) is 0. The van der Waals surface area contributed by atoms with Crippen LogP contribution >= 0.6 is 0 Å². The van der Waals surface area contributed by atoms with Crippen molar-refractivity contribution in [3.05, 3.63) is 34.9 Å². The minimum Gasteiger partial charge on any atom is -0.396 e. The van der Waals surface area contributed by atoms with E-state index >= 15 is 0 Å². The lowest BCUT2D eigenvalue weighted by atomic mass is 9.94. The van der Waals surface area contributed by atoms with Crippen molar-refractivity contribution in [1.29, 1.82) is 0 Å². The molecule has 0 saturated heterocycles. The molecule has 0 fully saturated rings. The predicted molar refractivity (Wildman–Crippen MR) is 55.3 cm³/mol. The number of fused-ring (bicyclic) bond motifs is 1. The normalized spacial score (nSPS) is 20.6. The smallest absolute Gasteiger partial charge is 0.0849 e. The fourth-order valence-corrected chi connectivity index (χ4v) is 2.02. The van der Waals surface area contributed by atoms with Crippen molar-refractivity contribution in [2.75, 3.05) is 13.2 Å². The molecule has 2 heteroatoms. The Morgan fingerprint density at radius 2 is 2.36 bits per heavy atom. The maximum atomic E-state index is 8.92. The summed E-state index contributed by atoms with van der Waals surface area (Å²) in [6.45, 7) is 3.08. The monoisotopic (exact) mass is 192 g/mol. The molecule has 76 valence electrons. The van der Waals surface area contributed by atoms with Gasteiger partial charge in [-0.15, -0.1) is 0 Å². The second-order valence-electron chi connectivity index (χ2n) is 3.82. The molecule has 0 saturated carbocycles. The zero-order valence-corrected chi connectivity index (χ0v) is 8.49. The van der Waals surface area contributed by atoms with Crippen molar-refractivity contribution in [2.24, 2.45) is 0 Å². The first-order valence-electron chi connectivity index (χ1n) is 5.13. The van der Waals surface area contributed by atoms with Crippen molar-refractivity contribution in [3.63, 3.8) is 0 Å². The standard InChI is InChI=1S/C12H16O2/c1-9-2-3-11-10(8-9)5-7-14-12(11)4-6-13/h2-3,8,12-13H,4-7H2,1H3. The van der Waals surface area contributed by atoms with E-state index in [-0.39, 0.29) is 12.7 Å². The lowest BCUT2D eigenvalue weighted by molar-refractivity contribution is 0.0253. The molecule has 1 aliphatic rings. The molecule has 2 rings (SSSR count). The summed E-state index contributed by atoms with van der Waals surface area (Å²) in [4.78, 5) is 0. The van der Waals surface area contributed by atoms with Crippen LogP contribution in [0, 0.1) is 6.92 Å². The van der Waals surface area contributed by atoms with Gasteiger partial charge in [0.05, 0.1) is 12.7 Å². The van der Waals surface area contributed by atoms with E-state index in [1.807, 2.05) is 0 Å². The third-order valence-corrected chi connectivity index (χ3v) is 2.73. The Labute approximate surface area is 84.5 Å². The lowest BCUT2D eigenvalue weighted by Gasteiger charge is -2.25. The predicted octanol–water partition coefficient (Wildman–Crippen LogP) is 1.99. The van der Waals surface area contributed by atoms with Gasteiger partial charge >= 0.3 is 0 Å².